The number of carboxylic acid groups (broad SMARTS) is 2. The Morgan fingerprint density at radius 3 is 1.47 bits per heavy atom. The molecule has 2 aromatic rings. The van der Waals surface area contributed by atoms with Gasteiger partial charge in [-0.05, 0) is 46.5 Å². The first kappa shape index (κ1) is 21.8. The molecule has 2 N–H and O–H groups in total. The second-order valence-corrected chi connectivity index (χ2v) is 7.57. The molecule has 0 atom stereocenters. The molecule has 0 saturated carbocycles. The number of hydrogen-bond donors (Lipinski definition) is 2. The van der Waals surface area contributed by atoms with E-state index >= 15 is 0 Å². The maximum Gasteiger partial charge on any atom is 0.328 e. The van der Waals surface area contributed by atoms with Crippen molar-refractivity contribution >= 4 is 46.3 Å². The monoisotopic (exact) mass is 443 g/mol. The lowest BCUT2D eigenvalue weighted by atomic mass is 9.91. The van der Waals surface area contributed by atoms with E-state index in [9.17, 15) is 9.59 Å². The Morgan fingerprint density at radius 1 is 0.767 bits per heavy atom. The van der Waals surface area contributed by atoms with E-state index in [2.05, 4.69) is 41.3 Å². The zero-order valence-corrected chi connectivity index (χ0v) is 17.3. The molecule has 0 aliphatic carbocycles. The van der Waals surface area contributed by atoms with Crippen molar-refractivity contribution in [1.82, 2.24) is 4.90 Å². The van der Waals surface area contributed by atoms with Crippen LogP contribution in [0.1, 0.15) is 11.1 Å². The number of halogens is 2. The van der Waals surface area contributed by atoms with Crippen molar-refractivity contribution in [2.75, 3.05) is 13.1 Å². The third kappa shape index (κ3) is 5.39. The topological polar surface area (TPSA) is 77.8 Å². The highest BCUT2D eigenvalue weighted by Crippen LogP contribution is 2.40. The number of rotatable bonds is 4. The van der Waals surface area contributed by atoms with E-state index in [1.807, 2.05) is 24.3 Å². The van der Waals surface area contributed by atoms with Crippen molar-refractivity contribution in [3.63, 3.8) is 0 Å². The first-order chi connectivity index (χ1) is 14.3. The number of hydrogen-bond acceptors (Lipinski definition) is 3. The molecule has 2 aromatic carbocycles. The van der Waals surface area contributed by atoms with Gasteiger partial charge in [0.2, 0.25) is 0 Å². The summed E-state index contributed by atoms with van der Waals surface area (Å²) < 4.78 is 0. The van der Waals surface area contributed by atoms with Crippen LogP contribution in [0.5, 0.6) is 0 Å². The van der Waals surface area contributed by atoms with Crippen molar-refractivity contribution < 1.29 is 19.8 Å². The highest BCUT2D eigenvalue weighted by Gasteiger charge is 2.34. The smallest absolute Gasteiger partial charge is 0.328 e. The van der Waals surface area contributed by atoms with Crippen LogP contribution >= 0.6 is 23.2 Å². The minimum absolute atomic E-state index is 0.336. The number of nitrogens with zero attached hydrogens (tertiary/aromatic N) is 1. The maximum absolute atomic E-state index is 9.55. The molecule has 0 fully saturated rings. The van der Waals surface area contributed by atoms with Crippen LogP contribution in [-0.4, -0.2) is 46.2 Å². The second-order valence-electron chi connectivity index (χ2n) is 6.70. The van der Waals surface area contributed by atoms with Crippen LogP contribution in [0.25, 0.3) is 11.1 Å². The Labute approximate surface area is 184 Å². The van der Waals surface area contributed by atoms with Gasteiger partial charge in [0, 0.05) is 35.3 Å². The summed E-state index contributed by atoms with van der Waals surface area (Å²) in [6.07, 6.45) is 5.78. The predicted octanol–water partition coefficient (Wildman–Crippen LogP) is 4.87. The Bertz CT molecular complexity index is 943. The lowest BCUT2D eigenvalue weighted by molar-refractivity contribution is -0.134. The Balaban J connectivity index is 0.000000275. The molecule has 7 heteroatoms. The van der Waals surface area contributed by atoms with E-state index in [4.69, 9.17) is 33.4 Å². The highest BCUT2D eigenvalue weighted by molar-refractivity contribution is 6.30. The average molecular weight is 444 g/mol. The van der Waals surface area contributed by atoms with E-state index in [1.54, 1.807) is 0 Å². The third-order valence-electron chi connectivity index (χ3n) is 4.77. The molecule has 0 unspecified atom stereocenters. The van der Waals surface area contributed by atoms with Gasteiger partial charge < -0.3 is 10.2 Å². The number of aliphatic carboxylic acids is 2. The first-order valence-corrected chi connectivity index (χ1v) is 9.90. The van der Waals surface area contributed by atoms with Gasteiger partial charge in [-0.1, -0.05) is 59.6 Å². The molecule has 30 heavy (non-hydrogen) atoms. The van der Waals surface area contributed by atoms with Gasteiger partial charge in [0.15, 0.2) is 0 Å². The maximum atomic E-state index is 9.55. The summed E-state index contributed by atoms with van der Waals surface area (Å²) in [5.41, 5.74) is 5.24. The van der Waals surface area contributed by atoms with Crippen molar-refractivity contribution in [3.05, 3.63) is 94.0 Å². The SMILES string of the molecule is Clc1ccc(C2=CCN3CC=C(c4ccc(Cl)cc4)C23)cc1.O=C(O)/C=C/C(=O)O. The minimum Gasteiger partial charge on any atom is -0.478 e. The molecule has 2 aliphatic heterocycles. The summed E-state index contributed by atoms with van der Waals surface area (Å²) in [6.45, 7) is 1.99. The van der Waals surface area contributed by atoms with Gasteiger partial charge in [0.25, 0.3) is 0 Å². The molecule has 0 saturated heterocycles. The van der Waals surface area contributed by atoms with E-state index in [0.717, 1.165) is 23.1 Å². The molecular weight excluding hydrogens is 425 g/mol. The molecular formula is C23H19Cl2NO4. The molecule has 0 bridgehead atoms. The fourth-order valence-corrected chi connectivity index (χ4v) is 3.73. The normalized spacial score (nSPS) is 15.9. The van der Waals surface area contributed by atoms with E-state index in [-0.39, 0.29) is 0 Å². The van der Waals surface area contributed by atoms with Gasteiger partial charge in [-0.25, -0.2) is 9.59 Å². The Hall–Kier alpha value is -2.86. The summed E-state index contributed by atoms with van der Waals surface area (Å²) in [7, 11) is 0. The van der Waals surface area contributed by atoms with Gasteiger partial charge in [-0.15, -0.1) is 0 Å². The zero-order valence-electron chi connectivity index (χ0n) is 15.8. The van der Waals surface area contributed by atoms with Crippen LogP contribution in [-0.2, 0) is 9.59 Å². The third-order valence-corrected chi connectivity index (χ3v) is 5.27. The summed E-state index contributed by atoms with van der Waals surface area (Å²) in [4.78, 5) is 21.6. The van der Waals surface area contributed by atoms with E-state index < -0.39 is 11.9 Å². The fraction of sp³-hybridized carbons (Fsp3) is 0.130. The molecule has 154 valence electrons. The molecule has 2 heterocycles. The van der Waals surface area contributed by atoms with Crippen molar-refractivity contribution in [2.24, 2.45) is 0 Å². The van der Waals surface area contributed by atoms with Crippen LogP contribution in [0.2, 0.25) is 10.0 Å². The molecule has 0 aromatic heterocycles. The fourth-order valence-electron chi connectivity index (χ4n) is 3.48. The zero-order chi connectivity index (χ0) is 21.7. The number of benzene rings is 2. The lowest BCUT2D eigenvalue weighted by Crippen LogP contribution is -2.27. The number of carboxylic acids is 2. The quantitative estimate of drug-likeness (QED) is 0.658. The molecule has 4 rings (SSSR count). The molecule has 0 amide bonds. The number of fused-ring (bicyclic) bond motifs is 1. The standard InChI is InChI=1S/C19H15Cl2N.C4H4O4/c20-15-5-1-13(2-6-15)17-9-11-22-12-10-18(19(17)22)14-3-7-16(21)8-4-14;5-3(6)1-2-4(7)8/h1-10,19H,11-12H2;1-2H,(H,5,6)(H,7,8)/b;2-1+. The van der Waals surface area contributed by atoms with Gasteiger partial charge in [-0.3, -0.25) is 4.90 Å². The Morgan fingerprint density at radius 2 is 1.13 bits per heavy atom. The first-order valence-electron chi connectivity index (χ1n) is 9.15. The van der Waals surface area contributed by atoms with E-state index in [0.29, 0.717) is 18.2 Å². The molecule has 0 spiro atoms. The number of carbonyl (C=O) groups is 2. The summed E-state index contributed by atoms with van der Waals surface area (Å²) >= 11 is 12.0. The van der Waals surface area contributed by atoms with Crippen molar-refractivity contribution in [2.45, 2.75) is 6.04 Å². The second kappa shape index (κ2) is 9.76. The van der Waals surface area contributed by atoms with Gasteiger partial charge in [0.05, 0.1) is 6.04 Å². The highest BCUT2D eigenvalue weighted by atomic mass is 35.5. The Kier molecular flexibility index (Phi) is 7.11. The van der Waals surface area contributed by atoms with Crippen LogP contribution in [0, 0.1) is 0 Å². The van der Waals surface area contributed by atoms with E-state index in [1.165, 1.54) is 22.3 Å². The molecule has 0 radical (unpaired) electrons. The van der Waals surface area contributed by atoms with Crippen LogP contribution in [0.3, 0.4) is 0 Å². The van der Waals surface area contributed by atoms with Crippen LogP contribution in [0.4, 0.5) is 0 Å². The van der Waals surface area contributed by atoms with Crippen molar-refractivity contribution in [1.29, 1.82) is 0 Å². The summed E-state index contributed by atoms with van der Waals surface area (Å²) in [6, 6.07) is 16.6. The molecule has 2 aliphatic rings. The predicted molar refractivity (Wildman–Crippen MR) is 119 cm³/mol. The largest absolute Gasteiger partial charge is 0.478 e. The van der Waals surface area contributed by atoms with Crippen LogP contribution < -0.4 is 0 Å². The summed E-state index contributed by atoms with van der Waals surface area (Å²) in [5, 5.41) is 17.2. The average Bonchev–Trinajstić information content (AvgIpc) is 3.31. The lowest BCUT2D eigenvalue weighted by Gasteiger charge is -2.22. The van der Waals surface area contributed by atoms with Gasteiger partial charge in [-0.2, -0.15) is 0 Å². The molecule has 5 nitrogen and oxygen atoms in total. The van der Waals surface area contributed by atoms with Crippen LogP contribution in [0.15, 0.2) is 72.8 Å². The summed E-state index contributed by atoms with van der Waals surface area (Å²) in [5.74, 6) is -2.51. The van der Waals surface area contributed by atoms with Crippen molar-refractivity contribution in [3.8, 4) is 0 Å². The minimum atomic E-state index is -1.26. The van der Waals surface area contributed by atoms with Gasteiger partial charge >= 0.3 is 11.9 Å². The van der Waals surface area contributed by atoms with Gasteiger partial charge in [0.1, 0.15) is 0 Å².